The second-order valence-electron chi connectivity index (χ2n) is 5.49. The summed E-state index contributed by atoms with van der Waals surface area (Å²) in [5.74, 6) is -2.61. The van der Waals surface area contributed by atoms with Crippen LogP contribution in [-0.2, 0) is 19.1 Å². The van der Waals surface area contributed by atoms with Gasteiger partial charge in [-0.15, -0.1) is 0 Å². The summed E-state index contributed by atoms with van der Waals surface area (Å²) in [6.45, 7) is 3.47. The smallest absolute Gasteiger partial charge is 0.336 e. The number of carbonyl (C=O) groups is 2. The van der Waals surface area contributed by atoms with Gasteiger partial charge in [-0.1, -0.05) is 18.2 Å². The summed E-state index contributed by atoms with van der Waals surface area (Å²) >= 11 is 0. The maximum atomic E-state index is 14.4. The number of ether oxygens (including phenoxy) is 2. The zero-order chi connectivity index (χ0) is 18.0. The Kier molecular flexibility index (Phi) is 5.07. The van der Waals surface area contributed by atoms with Crippen LogP contribution in [0.1, 0.15) is 25.3 Å². The van der Waals surface area contributed by atoms with E-state index in [0.717, 1.165) is 0 Å². The summed E-state index contributed by atoms with van der Waals surface area (Å²) in [6.07, 6.45) is 0. The molecule has 128 valence electrons. The SMILES string of the molecule is COC(=O)C1=C(C)N(C)C(C)=C(C(=O)OC)C1c1ccccc1F. The van der Waals surface area contributed by atoms with Crippen LogP contribution in [0.2, 0.25) is 0 Å². The molecule has 0 N–H and O–H groups in total. The minimum Gasteiger partial charge on any atom is -0.466 e. The number of esters is 2. The molecule has 0 bridgehead atoms. The average Bonchev–Trinajstić information content (AvgIpc) is 2.58. The first-order chi connectivity index (χ1) is 11.3. The van der Waals surface area contributed by atoms with Gasteiger partial charge < -0.3 is 14.4 Å². The van der Waals surface area contributed by atoms with Gasteiger partial charge in [-0.05, 0) is 19.9 Å². The Hall–Kier alpha value is -2.63. The van der Waals surface area contributed by atoms with Crippen molar-refractivity contribution in [2.75, 3.05) is 21.3 Å². The molecule has 0 aromatic heterocycles. The van der Waals surface area contributed by atoms with Crippen molar-refractivity contribution >= 4 is 11.9 Å². The molecule has 0 fully saturated rings. The number of nitrogens with zero attached hydrogens (tertiary/aromatic N) is 1. The molecule has 1 aromatic carbocycles. The van der Waals surface area contributed by atoms with Crippen molar-refractivity contribution in [2.24, 2.45) is 0 Å². The van der Waals surface area contributed by atoms with Gasteiger partial charge in [0, 0.05) is 24.0 Å². The van der Waals surface area contributed by atoms with Crippen LogP contribution in [0.5, 0.6) is 0 Å². The number of methoxy groups -OCH3 is 2. The Balaban J connectivity index is 2.80. The molecule has 5 nitrogen and oxygen atoms in total. The fourth-order valence-corrected chi connectivity index (χ4v) is 2.95. The summed E-state index contributed by atoms with van der Waals surface area (Å²) in [5.41, 5.74) is 1.86. The molecule has 1 aliphatic heterocycles. The highest BCUT2D eigenvalue weighted by Gasteiger charge is 2.40. The van der Waals surface area contributed by atoms with Gasteiger partial charge in [0.15, 0.2) is 0 Å². The minimum atomic E-state index is -0.887. The summed E-state index contributed by atoms with van der Waals surface area (Å²) in [4.78, 5) is 26.5. The van der Waals surface area contributed by atoms with Crippen LogP contribution in [0.25, 0.3) is 0 Å². The standard InChI is InChI=1S/C18H20FNO4/c1-10-14(17(21)23-4)16(12-8-6-7-9-13(12)19)15(18(22)24-5)11(2)20(10)3/h6-9,16H,1-5H3. The number of hydrogen-bond acceptors (Lipinski definition) is 5. The van der Waals surface area contributed by atoms with Crippen LogP contribution < -0.4 is 0 Å². The molecule has 0 unspecified atom stereocenters. The maximum Gasteiger partial charge on any atom is 0.336 e. The molecule has 6 heteroatoms. The first kappa shape index (κ1) is 17.7. The van der Waals surface area contributed by atoms with Crippen molar-refractivity contribution < 1.29 is 23.5 Å². The van der Waals surface area contributed by atoms with Gasteiger partial charge in [0.05, 0.1) is 31.3 Å². The molecular formula is C18H20FNO4. The van der Waals surface area contributed by atoms with E-state index < -0.39 is 23.7 Å². The van der Waals surface area contributed by atoms with Crippen molar-refractivity contribution in [1.29, 1.82) is 0 Å². The van der Waals surface area contributed by atoms with Crippen molar-refractivity contribution in [2.45, 2.75) is 19.8 Å². The fourth-order valence-electron chi connectivity index (χ4n) is 2.95. The van der Waals surface area contributed by atoms with Crippen LogP contribution in [0, 0.1) is 5.82 Å². The van der Waals surface area contributed by atoms with E-state index in [1.165, 1.54) is 20.3 Å². The van der Waals surface area contributed by atoms with E-state index >= 15 is 0 Å². The number of carbonyl (C=O) groups excluding carboxylic acids is 2. The van der Waals surface area contributed by atoms with Crippen LogP contribution >= 0.6 is 0 Å². The van der Waals surface area contributed by atoms with Gasteiger partial charge in [-0.25, -0.2) is 14.0 Å². The number of benzene rings is 1. The Morgan fingerprint density at radius 1 is 1.00 bits per heavy atom. The van der Waals surface area contributed by atoms with Crippen molar-refractivity contribution in [3.05, 3.63) is 58.2 Å². The molecule has 0 amide bonds. The molecule has 1 heterocycles. The van der Waals surface area contributed by atoms with Crippen molar-refractivity contribution in [3.63, 3.8) is 0 Å². The number of rotatable bonds is 3. The first-order valence-electron chi connectivity index (χ1n) is 7.41. The molecule has 2 rings (SSSR count). The maximum absolute atomic E-state index is 14.4. The average molecular weight is 333 g/mol. The van der Waals surface area contributed by atoms with E-state index in [4.69, 9.17) is 9.47 Å². The van der Waals surface area contributed by atoms with Crippen LogP contribution in [0.15, 0.2) is 46.8 Å². The largest absolute Gasteiger partial charge is 0.466 e. The van der Waals surface area contributed by atoms with Gasteiger partial charge in [-0.2, -0.15) is 0 Å². The Labute approximate surface area is 140 Å². The second kappa shape index (κ2) is 6.86. The zero-order valence-electron chi connectivity index (χ0n) is 14.3. The molecule has 0 spiro atoms. The van der Waals surface area contributed by atoms with E-state index in [9.17, 15) is 14.0 Å². The fraction of sp³-hybridized carbons (Fsp3) is 0.333. The third kappa shape index (κ3) is 2.79. The Morgan fingerprint density at radius 2 is 1.46 bits per heavy atom. The molecule has 24 heavy (non-hydrogen) atoms. The molecule has 0 saturated carbocycles. The highest BCUT2D eigenvalue weighted by atomic mass is 19.1. The summed E-state index contributed by atoms with van der Waals surface area (Å²) in [7, 11) is 4.24. The van der Waals surface area contributed by atoms with E-state index in [-0.39, 0.29) is 16.7 Å². The molecule has 1 aliphatic rings. The van der Waals surface area contributed by atoms with E-state index in [2.05, 4.69) is 0 Å². The topological polar surface area (TPSA) is 55.8 Å². The second-order valence-corrected chi connectivity index (χ2v) is 5.49. The summed E-state index contributed by atoms with van der Waals surface area (Å²) in [5, 5.41) is 0. The van der Waals surface area contributed by atoms with E-state index in [1.807, 2.05) is 0 Å². The minimum absolute atomic E-state index is 0.219. The van der Waals surface area contributed by atoms with Crippen LogP contribution in [0.3, 0.4) is 0 Å². The lowest BCUT2D eigenvalue weighted by atomic mass is 9.79. The monoisotopic (exact) mass is 333 g/mol. The lowest BCUT2D eigenvalue weighted by Crippen LogP contribution is -2.33. The van der Waals surface area contributed by atoms with Crippen LogP contribution in [0.4, 0.5) is 4.39 Å². The van der Waals surface area contributed by atoms with Gasteiger partial charge in [-0.3, -0.25) is 0 Å². The lowest BCUT2D eigenvalue weighted by Gasteiger charge is -2.35. The van der Waals surface area contributed by atoms with Gasteiger partial charge >= 0.3 is 11.9 Å². The van der Waals surface area contributed by atoms with Crippen molar-refractivity contribution in [1.82, 2.24) is 4.90 Å². The van der Waals surface area contributed by atoms with Crippen LogP contribution in [-0.4, -0.2) is 38.1 Å². The molecule has 0 atom stereocenters. The normalized spacial score (nSPS) is 15.7. The molecule has 0 saturated heterocycles. The third-order valence-electron chi connectivity index (χ3n) is 4.39. The van der Waals surface area contributed by atoms with Gasteiger partial charge in [0.1, 0.15) is 5.82 Å². The van der Waals surface area contributed by atoms with E-state index in [1.54, 1.807) is 44.0 Å². The summed E-state index contributed by atoms with van der Waals surface area (Å²) < 4.78 is 24.2. The van der Waals surface area contributed by atoms with E-state index in [0.29, 0.717) is 11.4 Å². The Bertz CT molecular complexity index is 711. The van der Waals surface area contributed by atoms with Gasteiger partial charge in [0.25, 0.3) is 0 Å². The van der Waals surface area contributed by atoms with Crippen molar-refractivity contribution in [3.8, 4) is 0 Å². The molecular weight excluding hydrogens is 313 g/mol. The predicted octanol–water partition coefficient (Wildman–Crippen LogP) is 2.75. The number of halogens is 1. The lowest BCUT2D eigenvalue weighted by molar-refractivity contribution is -0.137. The molecule has 0 radical (unpaired) electrons. The quantitative estimate of drug-likeness (QED) is 0.796. The highest BCUT2D eigenvalue weighted by Crippen LogP contribution is 2.42. The predicted molar refractivity (Wildman–Crippen MR) is 86.3 cm³/mol. The zero-order valence-corrected chi connectivity index (χ0v) is 14.3. The molecule has 1 aromatic rings. The number of hydrogen-bond donors (Lipinski definition) is 0. The first-order valence-corrected chi connectivity index (χ1v) is 7.41. The Morgan fingerprint density at radius 3 is 1.88 bits per heavy atom. The van der Waals surface area contributed by atoms with Gasteiger partial charge in [0.2, 0.25) is 0 Å². The summed E-state index contributed by atoms with van der Waals surface area (Å²) in [6, 6.07) is 6.06. The molecule has 0 aliphatic carbocycles. The number of allylic oxidation sites excluding steroid dienone is 2. The third-order valence-corrected chi connectivity index (χ3v) is 4.39. The highest BCUT2D eigenvalue weighted by molar-refractivity contribution is 5.99.